The van der Waals surface area contributed by atoms with E-state index in [1.807, 2.05) is 0 Å². The third kappa shape index (κ3) is 2.02. The number of fused-ring (bicyclic) bond motifs is 5. The van der Waals surface area contributed by atoms with Crippen LogP contribution in [0.25, 0.3) is 0 Å². The zero-order valence-electron chi connectivity index (χ0n) is 15.2. The van der Waals surface area contributed by atoms with E-state index in [4.69, 9.17) is 0 Å². The van der Waals surface area contributed by atoms with E-state index in [0.29, 0.717) is 11.8 Å². The van der Waals surface area contributed by atoms with Crippen molar-refractivity contribution < 1.29 is 5.11 Å². The minimum atomic E-state index is -0.162. The molecule has 4 aliphatic rings. The van der Waals surface area contributed by atoms with Gasteiger partial charge in [0.05, 0.1) is 6.10 Å². The molecular weight excluding hydrogens is 280 g/mol. The summed E-state index contributed by atoms with van der Waals surface area (Å²) >= 11 is 0. The Bertz CT molecular complexity index is 605. The second kappa shape index (κ2) is 5.09. The van der Waals surface area contributed by atoms with Gasteiger partial charge in [0.2, 0.25) is 0 Å². The van der Waals surface area contributed by atoms with Crippen LogP contribution in [0.1, 0.15) is 66.2 Å². The van der Waals surface area contributed by atoms with Crippen LogP contribution in [0.15, 0.2) is 34.9 Å². The van der Waals surface area contributed by atoms with E-state index in [0.717, 1.165) is 12.3 Å². The second-order valence-electron chi connectivity index (χ2n) is 9.24. The summed E-state index contributed by atoms with van der Waals surface area (Å²) in [5, 5.41) is 11.2. The maximum atomic E-state index is 11.2. The number of hydrogen-bond donors (Lipinski definition) is 1. The molecule has 0 amide bonds. The standard InChI is InChI=1S/C22H32O/c1-14(2)17-10-11-18-16-9-8-15-7-5-6-12-21(15,3)20(16)19(23)13-22(17,18)4/h7-9,16,18-20,23H,5-6,10-13H2,1-4H3/t16-,18-,19-,20+,21-,22+/m0/s1. The highest BCUT2D eigenvalue weighted by Gasteiger charge is 2.59. The fourth-order valence-electron chi connectivity index (χ4n) is 6.95. The molecule has 0 aromatic rings. The lowest BCUT2D eigenvalue weighted by Crippen LogP contribution is -2.54. The van der Waals surface area contributed by atoms with Gasteiger partial charge in [-0.2, -0.15) is 0 Å². The van der Waals surface area contributed by atoms with Crippen LogP contribution < -0.4 is 0 Å². The Morgan fingerprint density at radius 1 is 1.22 bits per heavy atom. The van der Waals surface area contributed by atoms with Crippen LogP contribution in [0.2, 0.25) is 0 Å². The van der Waals surface area contributed by atoms with Gasteiger partial charge in [-0.3, -0.25) is 0 Å². The van der Waals surface area contributed by atoms with E-state index in [2.05, 4.69) is 45.9 Å². The van der Waals surface area contributed by atoms with Crippen molar-refractivity contribution in [2.45, 2.75) is 72.3 Å². The molecule has 1 heteroatoms. The summed E-state index contributed by atoms with van der Waals surface area (Å²) < 4.78 is 0. The van der Waals surface area contributed by atoms with Gasteiger partial charge in [-0.05, 0) is 80.6 Å². The molecular formula is C22H32O. The van der Waals surface area contributed by atoms with Crippen molar-refractivity contribution in [3.05, 3.63) is 34.9 Å². The molecule has 1 nitrogen and oxygen atoms in total. The summed E-state index contributed by atoms with van der Waals surface area (Å²) in [6.07, 6.45) is 14.4. The van der Waals surface area contributed by atoms with E-state index in [-0.39, 0.29) is 16.9 Å². The first-order chi connectivity index (χ1) is 10.9. The summed E-state index contributed by atoms with van der Waals surface area (Å²) in [7, 11) is 0. The molecule has 2 fully saturated rings. The van der Waals surface area contributed by atoms with Crippen molar-refractivity contribution >= 4 is 0 Å². The van der Waals surface area contributed by atoms with Gasteiger partial charge in [-0.15, -0.1) is 0 Å². The fourth-order valence-corrected chi connectivity index (χ4v) is 6.95. The summed E-state index contributed by atoms with van der Waals surface area (Å²) in [4.78, 5) is 0. The first kappa shape index (κ1) is 15.7. The smallest absolute Gasteiger partial charge is 0.0590 e. The van der Waals surface area contributed by atoms with Gasteiger partial charge in [-0.25, -0.2) is 0 Å². The molecule has 0 unspecified atom stereocenters. The number of aliphatic hydroxyl groups excluding tert-OH is 1. The number of hydrogen-bond acceptors (Lipinski definition) is 1. The summed E-state index contributed by atoms with van der Waals surface area (Å²) in [6, 6.07) is 0. The van der Waals surface area contributed by atoms with Gasteiger partial charge in [0, 0.05) is 5.92 Å². The minimum Gasteiger partial charge on any atom is -0.393 e. The van der Waals surface area contributed by atoms with Gasteiger partial charge in [0.1, 0.15) is 0 Å². The Morgan fingerprint density at radius 2 is 2.00 bits per heavy atom. The molecule has 0 heterocycles. The Labute approximate surface area is 141 Å². The first-order valence-corrected chi connectivity index (χ1v) is 9.61. The molecule has 0 aromatic carbocycles. The van der Waals surface area contributed by atoms with Crippen LogP contribution in [0.3, 0.4) is 0 Å². The lowest BCUT2D eigenvalue weighted by Gasteiger charge is -2.57. The van der Waals surface area contributed by atoms with Crippen LogP contribution in [0.5, 0.6) is 0 Å². The Kier molecular flexibility index (Phi) is 3.47. The van der Waals surface area contributed by atoms with Crippen LogP contribution in [-0.4, -0.2) is 11.2 Å². The zero-order valence-corrected chi connectivity index (χ0v) is 15.2. The quantitative estimate of drug-likeness (QED) is 0.592. The van der Waals surface area contributed by atoms with E-state index in [1.165, 1.54) is 43.3 Å². The maximum Gasteiger partial charge on any atom is 0.0590 e. The average molecular weight is 312 g/mol. The molecule has 4 aliphatic carbocycles. The Morgan fingerprint density at radius 3 is 2.74 bits per heavy atom. The third-order valence-electron chi connectivity index (χ3n) is 7.90. The number of allylic oxidation sites excluding steroid dienone is 6. The van der Waals surface area contributed by atoms with Crippen molar-refractivity contribution in [1.82, 2.24) is 0 Å². The molecule has 0 radical (unpaired) electrons. The monoisotopic (exact) mass is 312 g/mol. The molecule has 1 N–H and O–H groups in total. The van der Waals surface area contributed by atoms with Crippen molar-refractivity contribution in [1.29, 1.82) is 0 Å². The van der Waals surface area contributed by atoms with E-state index < -0.39 is 0 Å². The molecule has 0 spiro atoms. The van der Waals surface area contributed by atoms with E-state index >= 15 is 0 Å². The molecule has 6 atom stereocenters. The molecule has 0 aromatic heterocycles. The van der Waals surface area contributed by atoms with Crippen LogP contribution in [0, 0.1) is 28.6 Å². The van der Waals surface area contributed by atoms with E-state index in [1.54, 1.807) is 5.57 Å². The van der Waals surface area contributed by atoms with Gasteiger partial charge in [0.15, 0.2) is 0 Å². The normalized spacial score (nSPS) is 48.4. The highest BCUT2D eigenvalue weighted by atomic mass is 16.3. The van der Waals surface area contributed by atoms with Crippen molar-refractivity contribution in [3.8, 4) is 0 Å². The fraction of sp³-hybridized carbons (Fsp3) is 0.727. The summed E-state index contributed by atoms with van der Waals surface area (Å²) in [6.45, 7) is 9.40. The highest BCUT2D eigenvalue weighted by Crippen LogP contribution is 2.65. The predicted molar refractivity (Wildman–Crippen MR) is 96.0 cm³/mol. The molecule has 126 valence electrons. The van der Waals surface area contributed by atoms with E-state index in [9.17, 15) is 5.11 Å². The highest BCUT2D eigenvalue weighted by molar-refractivity contribution is 5.38. The summed E-state index contributed by atoms with van der Waals surface area (Å²) in [5.74, 6) is 1.70. The third-order valence-corrected chi connectivity index (χ3v) is 7.90. The van der Waals surface area contributed by atoms with Crippen LogP contribution >= 0.6 is 0 Å². The molecule has 23 heavy (non-hydrogen) atoms. The van der Waals surface area contributed by atoms with Crippen molar-refractivity contribution in [2.75, 3.05) is 0 Å². The van der Waals surface area contributed by atoms with Crippen molar-refractivity contribution in [2.24, 2.45) is 28.6 Å². The van der Waals surface area contributed by atoms with Gasteiger partial charge in [-0.1, -0.05) is 43.2 Å². The lowest BCUT2D eigenvalue weighted by atomic mass is 9.48. The van der Waals surface area contributed by atoms with Gasteiger partial charge >= 0.3 is 0 Å². The Hall–Kier alpha value is -0.820. The number of rotatable bonds is 0. The topological polar surface area (TPSA) is 20.2 Å². The average Bonchev–Trinajstić information content (AvgIpc) is 2.82. The predicted octanol–water partition coefficient (Wildman–Crippen LogP) is 5.42. The maximum absolute atomic E-state index is 11.2. The van der Waals surface area contributed by atoms with Gasteiger partial charge < -0.3 is 5.11 Å². The molecule has 2 saturated carbocycles. The number of aliphatic hydroxyl groups is 1. The van der Waals surface area contributed by atoms with Crippen LogP contribution in [0.4, 0.5) is 0 Å². The SMILES string of the molecule is CC(C)=C1CC[C@H]2[C@@H]3C=CC4=CCCC[C@]4(C)[C@H]3[C@@H](O)C[C@]12C. The van der Waals surface area contributed by atoms with Crippen molar-refractivity contribution in [3.63, 3.8) is 0 Å². The largest absolute Gasteiger partial charge is 0.393 e. The summed E-state index contributed by atoms with van der Waals surface area (Å²) in [5.41, 5.74) is 5.06. The molecule has 4 rings (SSSR count). The molecule has 0 saturated heterocycles. The Balaban J connectivity index is 1.80. The van der Waals surface area contributed by atoms with Crippen LogP contribution in [-0.2, 0) is 0 Å². The first-order valence-electron chi connectivity index (χ1n) is 9.61. The minimum absolute atomic E-state index is 0.162. The zero-order chi connectivity index (χ0) is 16.4. The molecule has 0 bridgehead atoms. The second-order valence-corrected chi connectivity index (χ2v) is 9.24. The molecule has 0 aliphatic heterocycles. The van der Waals surface area contributed by atoms with Gasteiger partial charge in [0.25, 0.3) is 0 Å². The lowest BCUT2D eigenvalue weighted by molar-refractivity contribution is -0.0824.